The van der Waals surface area contributed by atoms with Crippen LogP contribution in [-0.2, 0) is 0 Å². The fourth-order valence-electron chi connectivity index (χ4n) is 8.77. The SMILES string of the molecule is c1ccc(-n2c3ccccc3c3c(N(c4ccc(-c5cccc6ccccc56)cc4)c4ccc5c6ccccc6c6ccccc6c5c4)cccc32)cc1. The van der Waals surface area contributed by atoms with Gasteiger partial charge in [-0.3, -0.25) is 0 Å². The Bertz CT molecular complexity index is 3170. The van der Waals surface area contributed by atoms with Crippen LogP contribution in [0.3, 0.4) is 0 Å². The molecule has 0 radical (unpaired) electrons. The molecule has 0 fully saturated rings. The van der Waals surface area contributed by atoms with E-state index in [1.54, 1.807) is 0 Å². The summed E-state index contributed by atoms with van der Waals surface area (Å²) in [6.45, 7) is 0. The lowest BCUT2D eigenvalue weighted by Gasteiger charge is -2.27. The molecule has 252 valence electrons. The van der Waals surface area contributed by atoms with E-state index in [2.05, 4.69) is 216 Å². The molecule has 0 unspecified atom stereocenters. The molecule has 0 aliphatic carbocycles. The highest BCUT2D eigenvalue weighted by molar-refractivity contribution is 6.26. The van der Waals surface area contributed by atoms with Gasteiger partial charge in [0, 0.05) is 27.8 Å². The second kappa shape index (κ2) is 12.2. The zero-order chi connectivity index (χ0) is 35.6. The van der Waals surface area contributed by atoms with Crippen LogP contribution < -0.4 is 4.90 Å². The second-order valence-electron chi connectivity index (χ2n) is 14.1. The van der Waals surface area contributed by atoms with Gasteiger partial charge in [-0.15, -0.1) is 0 Å². The Labute approximate surface area is 313 Å². The molecule has 0 saturated carbocycles. The minimum absolute atomic E-state index is 1.10. The van der Waals surface area contributed by atoms with Gasteiger partial charge in [0.1, 0.15) is 0 Å². The number of hydrogen-bond acceptors (Lipinski definition) is 1. The van der Waals surface area contributed by atoms with E-state index in [0.29, 0.717) is 0 Å². The van der Waals surface area contributed by atoms with Gasteiger partial charge in [0.05, 0.1) is 16.7 Å². The number of rotatable bonds is 5. The highest BCUT2D eigenvalue weighted by atomic mass is 15.1. The Morgan fingerprint density at radius 2 is 0.870 bits per heavy atom. The molecule has 0 amide bonds. The van der Waals surface area contributed by atoms with Crippen LogP contribution in [0, 0.1) is 0 Å². The Kier molecular flexibility index (Phi) is 6.90. The first kappa shape index (κ1) is 30.5. The summed E-state index contributed by atoms with van der Waals surface area (Å²) >= 11 is 0. The van der Waals surface area contributed by atoms with Crippen LogP contribution >= 0.6 is 0 Å². The normalized spacial score (nSPS) is 11.7. The van der Waals surface area contributed by atoms with Crippen molar-refractivity contribution in [2.45, 2.75) is 0 Å². The predicted octanol–water partition coefficient (Wildman–Crippen LogP) is 14.5. The molecule has 0 saturated heterocycles. The highest BCUT2D eigenvalue weighted by Crippen LogP contribution is 2.46. The number of para-hydroxylation sites is 2. The maximum atomic E-state index is 2.46. The van der Waals surface area contributed by atoms with E-state index in [1.807, 2.05) is 0 Å². The third-order valence-electron chi connectivity index (χ3n) is 11.1. The largest absolute Gasteiger partial charge is 0.310 e. The molecule has 1 aromatic heterocycles. The first-order valence-electron chi connectivity index (χ1n) is 18.6. The molecule has 0 atom stereocenters. The predicted molar refractivity (Wildman–Crippen MR) is 231 cm³/mol. The van der Waals surface area contributed by atoms with Crippen molar-refractivity contribution in [1.29, 1.82) is 0 Å². The number of hydrogen-bond donors (Lipinski definition) is 0. The fourth-order valence-corrected chi connectivity index (χ4v) is 8.77. The van der Waals surface area contributed by atoms with Crippen molar-refractivity contribution in [3.05, 3.63) is 206 Å². The maximum Gasteiger partial charge on any atom is 0.0562 e. The quantitative estimate of drug-likeness (QED) is 0.164. The summed E-state index contributed by atoms with van der Waals surface area (Å²) in [5, 5.41) is 12.6. The summed E-state index contributed by atoms with van der Waals surface area (Å²) < 4.78 is 2.40. The van der Waals surface area contributed by atoms with E-state index in [-0.39, 0.29) is 0 Å². The first-order valence-corrected chi connectivity index (χ1v) is 18.6. The third-order valence-corrected chi connectivity index (χ3v) is 11.1. The van der Waals surface area contributed by atoms with Crippen LogP contribution in [0.15, 0.2) is 206 Å². The van der Waals surface area contributed by atoms with Crippen LogP contribution in [0.25, 0.3) is 81.7 Å². The number of fused-ring (bicyclic) bond motifs is 10. The van der Waals surface area contributed by atoms with Crippen molar-refractivity contribution in [3.8, 4) is 16.8 Å². The molecule has 10 aromatic carbocycles. The molecular weight excluding hydrogens is 653 g/mol. The molecule has 54 heavy (non-hydrogen) atoms. The van der Waals surface area contributed by atoms with Gasteiger partial charge in [0.15, 0.2) is 0 Å². The molecule has 0 aliphatic rings. The molecule has 0 spiro atoms. The number of benzene rings is 10. The van der Waals surface area contributed by atoms with Crippen molar-refractivity contribution in [1.82, 2.24) is 4.57 Å². The van der Waals surface area contributed by atoms with Gasteiger partial charge in [-0.2, -0.15) is 0 Å². The smallest absolute Gasteiger partial charge is 0.0562 e. The third kappa shape index (κ3) is 4.67. The lowest BCUT2D eigenvalue weighted by molar-refractivity contribution is 1.18. The molecule has 2 heteroatoms. The van der Waals surface area contributed by atoms with E-state index in [4.69, 9.17) is 0 Å². The Morgan fingerprint density at radius 1 is 0.333 bits per heavy atom. The number of aromatic nitrogens is 1. The van der Waals surface area contributed by atoms with E-state index in [0.717, 1.165) is 22.7 Å². The molecule has 0 N–H and O–H groups in total. The number of nitrogens with zero attached hydrogens (tertiary/aromatic N) is 2. The van der Waals surface area contributed by atoms with Crippen LogP contribution in [0.5, 0.6) is 0 Å². The fraction of sp³-hybridized carbons (Fsp3) is 0. The summed E-state index contributed by atoms with van der Waals surface area (Å²) in [6, 6.07) is 75.3. The van der Waals surface area contributed by atoms with Crippen LogP contribution in [0.4, 0.5) is 17.1 Å². The zero-order valence-corrected chi connectivity index (χ0v) is 29.5. The Hall–Kier alpha value is -7.16. The molecule has 11 aromatic rings. The summed E-state index contributed by atoms with van der Waals surface area (Å²) in [5.74, 6) is 0. The molecule has 0 aliphatic heterocycles. The van der Waals surface area contributed by atoms with Gasteiger partial charge >= 0.3 is 0 Å². The van der Waals surface area contributed by atoms with Crippen LogP contribution in [0.2, 0.25) is 0 Å². The van der Waals surface area contributed by atoms with Crippen molar-refractivity contribution < 1.29 is 0 Å². The van der Waals surface area contributed by atoms with Gasteiger partial charge in [0.2, 0.25) is 0 Å². The topological polar surface area (TPSA) is 8.17 Å². The minimum Gasteiger partial charge on any atom is -0.310 e. The van der Waals surface area contributed by atoms with Crippen LogP contribution in [0.1, 0.15) is 0 Å². The molecular formula is C52H34N2. The average molecular weight is 687 g/mol. The average Bonchev–Trinajstić information content (AvgIpc) is 3.59. The van der Waals surface area contributed by atoms with Crippen molar-refractivity contribution in [3.63, 3.8) is 0 Å². The van der Waals surface area contributed by atoms with Crippen molar-refractivity contribution in [2.75, 3.05) is 4.90 Å². The van der Waals surface area contributed by atoms with Crippen molar-refractivity contribution in [2.24, 2.45) is 0 Å². The number of anilines is 3. The van der Waals surface area contributed by atoms with E-state index >= 15 is 0 Å². The molecule has 1 heterocycles. The molecule has 11 rings (SSSR count). The van der Waals surface area contributed by atoms with Gasteiger partial charge in [-0.05, 0) is 109 Å². The van der Waals surface area contributed by atoms with E-state index < -0.39 is 0 Å². The lowest BCUT2D eigenvalue weighted by Crippen LogP contribution is -2.10. The first-order chi connectivity index (χ1) is 26.8. The Balaban J connectivity index is 1.19. The van der Waals surface area contributed by atoms with Crippen LogP contribution in [-0.4, -0.2) is 4.57 Å². The lowest BCUT2D eigenvalue weighted by atomic mass is 9.94. The Morgan fingerprint density at radius 3 is 1.61 bits per heavy atom. The van der Waals surface area contributed by atoms with Gasteiger partial charge in [-0.1, -0.05) is 152 Å². The van der Waals surface area contributed by atoms with Gasteiger partial charge in [0.25, 0.3) is 0 Å². The monoisotopic (exact) mass is 686 g/mol. The zero-order valence-electron chi connectivity index (χ0n) is 29.5. The molecule has 0 bridgehead atoms. The minimum atomic E-state index is 1.10. The summed E-state index contributed by atoms with van der Waals surface area (Å²) in [7, 11) is 0. The molecule has 2 nitrogen and oxygen atoms in total. The standard InChI is InChI=1S/C52H34N2/c1-2-16-37(17-3-1)54-49-25-11-10-23-47(49)52-50(26-13-27-51(52)54)53(38-30-28-36(29-31-38)41-24-12-15-35-14-4-5-18-40(35)41)39-32-33-46-44-21-7-6-19-42(44)43-20-8-9-22-45(43)48(46)34-39/h1-34H. The van der Waals surface area contributed by atoms with Crippen molar-refractivity contribution >= 4 is 82.0 Å². The second-order valence-corrected chi connectivity index (χ2v) is 14.1. The summed E-state index contributed by atoms with van der Waals surface area (Å²) in [6.07, 6.45) is 0. The van der Waals surface area contributed by atoms with E-state index in [1.165, 1.54) is 76.0 Å². The maximum absolute atomic E-state index is 2.46. The van der Waals surface area contributed by atoms with Gasteiger partial charge < -0.3 is 9.47 Å². The van der Waals surface area contributed by atoms with Gasteiger partial charge in [-0.25, -0.2) is 0 Å². The summed E-state index contributed by atoms with van der Waals surface area (Å²) in [4.78, 5) is 2.46. The van der Waals surface area contributed by atoms with E-state index in [9.17, 15) is 0 Å². The highest BCUT2D eigenvalue weighted by Gasteiger charge is 2.22. The summed E-state index contributed by atoms with van der Waals surface area (Å²) in [5.41, 5.74) is 9.31.